The number of alkyl halides is 11. The van der Waals surface area contributed by atoms with Gasteiger partial charge in [-0.15, -0.1) is 0 Å². The molecule has 0 rings (SSSR count). The highest BCUT2D eigenvalue weighted by Crippen LogP contribution is 2.59. The molecule has 0 aromatic carbocycles. The molecule has 0 aliphatic heterocycles. The van der Waals surface area contributed by atoms with Gasteiger partial charge in [0.05, 0.1) is 0 Å². The summed E-state index contributed by atoms with van der Waals surface area (Å²) in [5, 5.41) is 0. The van der Waals surface area contributed by atoms with Crippen molar-refractivity contribution in [1.29, 1.82) is 0 Å². The average Bonchev–Trinajstić information content (AvgIpc) is 2.36. The van der Waals surface area contributed by atoms with Crippen molar-refractivity contribution in [2.45, 2.75) is 42.7 Å². The molecule has 0 aromatic heterocycles. The standard InChI is InChI=1S/C9H4F13/c1-3(11)5(13,14)7(17,18)9(21,22)8(19,20)6(15,16)4(12)2-10/h3H,1H3. The second-order valence-corrected chi connectivity index (χ2v) is 3.95. The van der Waals surface area contributed by atoms with Gasteiger partial charge < -0.3 is 0 Å². The predicted octanol–water partition coefficient (Wildman–Crippen LogP) is 5.10. The molecule has 13 heteroatoms. The van der Waals surface area contributed by atoms with E-state index in [1.165, 1.54) is 0 Å². The monoisotopic (exact) mass is 359 g/mol. The van der Waals surface area contributed by atoms with Crippen LogP contribution in [0.2, 0.25) is 0 Å². The highest BCUT2D eigenvalue weighted by molar-refractivity contribution is 5.16. The average molecular weight is 359 g/mol. The first-order valence-corrected chi connectivity index (χ1v) is 4.85. The van der Waals surface area contributed by atoms with E-state index in [1.807, 2.05) is 0 Å². The summed E-state index contributed by atoms with van der Waals surface area (Å²) in [6.07, 6.45) is -4.98. The van der Waals surface area contributed by atoms with Crippen LogP contribution in [0.15, 0.2) is 5.83 Å². The highest BCUT2D eigenvalue weighted by atomic mass is 19.4. The van der Waals surface area contributed by atoms with Gasteiger partial charge in [0.25, 0.3) is 0 Å². The van der Waals surface area contributed by atoms with E-state index in [-0.39, 0.29) is 0 Å². The first-order chi connectivity index (χ1) is 9.42. The lowest BCUT2D eigenvalue weighted by molar-refractivity contribution is -0.403. The minimum Gasteiger partial charge on any atom is -0.241 e. The number of allylic oxidation sites excluding steroid dienone is 1. The molecule has 1 unspecified atom stereocenters. The molecular formula is C9H4F13. The van der Waals surface area contributed by atoms with Crippen LogP contribution in [0.3, 0.4) is 0 Å². The fourth-order valence-electron chi connectivity index (χ4n) is 1.05. The molecule has 131 valence electrons. The fraction of sp³-hybridized carbons (Fsp3) is 0.778. The Hall–Kier alpha value is -1.17. The van der Waals surface area contributed by atoms with Crippen LogP contribution in [0.4, 0.5) is 57.1 Å². The molecule has 0 N–H and O–H groups in total. The predicted molar refractivity (Wildman–Crippen MR) is 44.3 cm³/mol. The van der Waals surface area contributed by atoms with Crippen molar-refractivity contribution in [3.63, 3.8) is 0 Å². The minimum atomic E-state index is -7.65. The van der Waals surface area contributed by atoms with Crippen molar-refractivity contribution in [1.82, 2.24) is 0 Å². The highest BCUT2D eigenvalue weighted by Gasteiger charge is 2.87. The molecule has 0 amide bonds. The Balaban J connectivity index is 6.23. The molecule has 0 saturated heterocycles. The molecule has 0 aromatic rings. The number of halogens is 13. The summed E-state index contributed by atoms with van der Waals surface area (Å²) < 4.78 is 163. The first kappa shape index (κ1) is 20.8. The molecule has 1 radical (unpaired) electrons. The van der Waals surface area contributed by atoms with Gasteiger partial charge in [-0.05, 0) is 6.92 Å². The summed E-state index contributed by atoms with van der Waals surface area (Å²) in [4.78, 5) is 0. The van der Waals surface area contributed by atoms with E-state index in [0.29, 0.717) is 0 Å². The molecule has 0 aliphatic rings. The quantitative estimate of drug-likeness (QED) is 0.579. The van der Waals surface area contributed by atoms with Crippen molar-refractivity contribution < 1.29 is 57.1 Å². The minimum absolute atomic E-state index is 0.434. The largest absolute Gasteiger partial charge is 0.385 e. The van der Waals surface area contributed by atoms with Crippen LogP contribution in [-0.2, 0) is 0 Å². The molecule has 1 atom stereocenters. The Morgan fingerprint density at radius 3 is 1.41 bits per heavy atom. The van der Waals surface area contributed by atoms with Gasteiger partial charge in [0.2, 0.25) is 5.83 Å². The second kappa shape index (κ2) is 5.48. The van der Waals surface area contributed by atoms with Crippen molar-refractivity contribution >= 4 is 0 Å². The molecule has 0 fully saturated rings. The van der Waals surface area contributed by atoms with Crippen LogP contribution in [0, 0.1) is 6.33 Å². The molecule has 0 heterocycles. The summed E-state index contributed by atoms with van der Waals surface area (Å²) in [7, 11) is 0. The molecule has 22 heavy (non-hydrogen) atoms. The van der Waals surface area contributed by atoms with Crippen LogP contribution >= 0.6 is 0 Å². The van der Waals surface area contributed by atoms with Gasteiger partial charge >= 0.3 is 29.6 Å². The van der Waals surface area contributed by atoms with Crippen LogP contribution in [-0.4, -0.2) is 35.8 Å². The van der Waals surface area contributed by atoms with Gasteiger partial charge in [0.1, 0.15) is 0 Å². The van der Waals surface area contributed by atoms with Gasteiger partial charge in [0.15, 0.2) is 12.5 Å². The van der Waals surface area contributed by atoms with Gasteiger partial charge in [-0.2, -0.15) is 43.9 Å². The first-order valence-electron chi connectivity index (χ1n) is 4.85. The van der Waals surface area contributed by atoms with Crippen molar-refractivity contribution in [3.05, 3.63) is 12.2 Å². The van der Waals surface area contributed by atoms with Crippen molar-refractivity contribution in [2.75, 3.05) is 0 Å². The summed E-state index contributed by atoms with van der Waals surface area (Å²) in [5.41, 5.74) is 0. The topological polar surface area (TPSA) is 0 Å². The van der Waals surface area contributed by atoms with Crippen LogP contribution in [0.1, 0.15) is 6.92 Å². The SMILES string of the molecule is CC(F)C(F)(F)C(F)(F)C(F)(F)C(F)(F)C(F)(F)/C(F)=[C]\F. The molecule has 0 spiro atoms. The second-order valence-electron chi connectivity index (χ2n) is 3.95. The maximum absolute atomic E-state index is 12.9. The van der Waals surface area contributed by atoms with E-state index in [1.54, 1.807) is 0 Å². The van der Waals surface area contributed by atoms with E-state index in [0.717, 1.165) is 0 Å². The normalized spacial score (nSPS) is 17.6. The Morgan fingerprint density at radius 2 is 1.14 bits per heavy atom. The van der Waals surface area contributed by atoms with Crippen LogP contribution in [0.5, 0.6) is 0 Å². The van der Waals surface area contributed by atoms with Gasteiger partial charge in [0, 0.05) is 0 Å². The molecule has 0 saturated carbocycles. The zero-order chi connectivity index (χ0) is 18.4. The Morgan fingerprint density at radius 1 is 0.773 bits per heavy atom. The third-order valence-corrected chi connectivity index (χ3v) is 2.46. The molecular weight excluding hydrogens is 355 g/mol. The maximum Gasteiger partial charge on any atom is 0.385 e. The zero-order valence-corrected chi connectivity index (χ0v) is 9.99. The zero-order valence-electron chi connectivity index (χ0n) is 9.99. The fourth-order valence-corrected chi connectivity index (χ4v) is 1.05. The summed E-state index contributed by atoms with van der Waals surface area (Å²) >= 11 is 0. The molecule has 0 bridgehead atoms. The third kappa shape index (κ3) is 2.51. The Bertz CT molecular complexity index is 433. The Labute approximate surface area is 113 Å². The van der Waals surface area contributed by atoms with Crippen LogP contribution < -0.4 is 0 Å². The van der Waals surface area contributed by atoms with Crippen LogP contribution in [0.25, 0.3) is 0 Å². The summed E-state index contributed by atoms with van der Waals surface area (Å²) in [6, 6.07) is 0. The number of hydrogen-bond acceptors (Lipinski definition) is 0. The molecule has 0 aliphatic carbocycles. The third-order valence-electron chi connectivity index (χ3n) is 2.46. The van der Waals surface area contributed by atoms with Crippen molar-refractivity contribution in [2.24, 2.45) is 0 Å². The van der Waals surface area contributed by atoms with Gasteiger partial charge in [-0.1, -0.05) is 0 Å². The smallest absolute Gasteiger partial charge is 0.241 e. The Kier molecular flexibility index (Phi) is 5.19. The van der Waals surface area contributed by atoms with E-state index in [4.69, 9.17) is 0 Å². The maximum atomic E-state index is 12.9. The number of hydrogen-bond donors (Lipinski definition) is 0. The lowest BCUT2D eigenvalue weighted by atomic mass is 9.92. The van der Waals surface area contributed by atoms with Gasteiger partial charge in [-0.3, -0.25) is 0 Å². The van der Waals surface area contributed by atoms with E-state index in [9.17, 15) is 57.1 Å². The summed E-state index contributed by atoms with van der Waals surface area (Å²) in [6.45, 7) is -0.434. The molecule has 0 nitrogen and oxygen atoms in total. The lowest BCUT2D eigenvalue weighted by Crippen LogP contribution is -2.68. The van der Waals surface area contributed by atoms with E-state index >= 15 is 0 Å². The van der Waals surface area contributed by atoms with Gasteiger partial charge in [-0.25, -0.2) is 13.2 Å². The summed E-state index contributed by atoms with van der Waals surface area (Å²) in [5.74, 6) is -40.1. The number of rotatable bonds is 6. The van der Waals surface area contributed by atoms with E-state index in [2.05, 4.69) is 0 Å². The van der Waals surface area contributed by atoms with Crippen molar-refractivity contribution in [3.8, 4) is 0 Å². The van der Waals surface area contributed by atoms with E-state index < -0.39 is 54.9 Å². The lowest BCUT2D eigenvalue weighted by Gasteiger charge is -2.39.